The van der Waals surface area contributed by atoms with E-state index in [1.807, 2.05) is 19.1 Å². The molecule has 6 heteroatoms. The number of nitrogens with zero attached hydrogens (tertiary/aromatic N) is 3. The molecule has 1 N–H and O–H groups in total. The number of hydrogen-bond donors (Lipinski definition) is 1. The predicted molar refractivity (Wildman–Crippen MR) is 88.2 cm³/mol. The molecule has 2 amide bonds. The summed E-state index contributed by atoms with van der Waals surface area (Å²) in [6.45, 7) is 4.55. The van der Waals surface area contributed by atoms with Crippen molar-refractivity contribution in [2.45, 2.75) is 6.92 Å². The molecule has 120 valence electrons. The van der Waals surface area contributed by atoms with E-state index in [0.29, 0.717) is 13.1 Å². The molecule has 1 aromatic heterocycles. The van der Waals surface area contributed by atoms with Crippen LogP contribution in [0.1, 0.15) is 5.56 Å². The van der Waals surface area contributed by atoms with Crippen molar-refractivity contribution in [1.82, 2.24) is 9.88 Å². The van der Waals surface area contributed by atoms with Gasteiger partial charge in [0.25, 0.3) is 0 Å². The van der Waals surface area contributed by atoms with E-state index in [1.165, 1.54) is 6.07 Å². The lowest BCUT2D eigenvalue weighted by atomic mass is 10.2. The van der Waals surface area contributed by atoms with Crippen molar-refractivity contribution in [2.24, 2.45) is 0 Å². The van der Waals surface area contributed by atoms with Crippen LogP contribution in [0.4, 0.5) is 20.6 Å². The zero-order chi connectivity index (χ0) is 16.2. The standard InChI is InChI=1S/C17H19FN4O/c1-13-2-3-15(18)16(12-13)20-17(23)22-10-8-21(9-11-22)14-4-6-19-7-5-14/h2-7,12H,8-11H2,1H3,(H,20,23). The zero-order valence-electron chi connectivity index (χ0n) is 13.0. The second-order valence-electron chi connectivity index (χ2n) is 5.59. The topological polar surface area (TPSA) is 48.5 Å². The molecule has 2 heterocycles. The number of piperazine rings is 1. The Morgan fingerprint density at radius 2 is 1.83 bits per heavy atom. The smallest absolute Gasteiger partial charge is 0.322 e. The average molecular weight is 314 g/mol. The first-order valence-electron chi connectivity index (χ1n) is 7.60. The first kappa shape index (κ1) is 15.3. The molecule has 1 aromatic carbocycles. The van der Waals surface area contributed by atoms with Crippen molar-refractivity contribution in [2.75, 3.05) is 36.4 Å². The van der Waals surface area contributed by atoms with E-state index in [1.54, 1.807) is 29.4 Å². The molecule has 23 heavy (non-hydrogen) atoms. The third-order valence-corrected chi connectivity index (χ3v) is 3.96. The van der Waals surface area contributed by atoms with Crippen molar-refractivity contribution >= 4 is 17.4 Å². The number of halogens is 1. The molecule has 0 saturated carbocycles. The molecule has 0 aliphatic carbocycles. The second kappa shape index (κ2) is 6.64. The number of anilines is 2. The Bertz CT molecular complexity index is 684. The van der Waals surface area contributed by atoms with Crippen LogP contribution in [-0.4, -0.2) is 42.1 Å². The fourth-order valence-corrected chi connectivity index (χ4v) is 2.65. The Kier molecular flexibility index (Phi) is 4.41. The van der Waals surface area contributed by atoms with E-state index in [4.69, 9.17) is 0 Å². The van der Waals surface area contributed by atoms with E-state index >= 15 is 0 Å². The van der Waals surface area contributed by atoms with Gasteiger partial charge in [-0.15, -0.1) is 0 Å². The van der Waals surface area contributed by atoms with E-state index < -0.39 is 5.82 Å². The van der Waals surface area contributed by atoms with Crippen LogP contribution in [0, 0.1) is 12.7 Å². The van der Waals surface area contributed by atoms with E-state index in [-0.39, 0.29) is 11.7 Å². The van der Waals surface area contributed by atoms with Crippen LogP contribution in [0.15, 0.2) is 42.7 Å². The molecule has 0 radical (unpaired) electrons. The molecule has 2 aromatic rings. The Morgan fingerprint density at radius 3 is 2.52 bits per heavy atom. The summed E-state index contributed by atoms with van der Waals surface area (Å²) in [5.74, 6) is -0.417. The van der Waals surface area contributed by atoms with Crippen molar-refractivity contribution in [3.05, 3.63) is 54.1 Å². The monoisotopic (exact) mass is 314 g/mol. The largest absolute Gasteiger partial charge is 0.368 e. The van der Waals surface area contributed by atoms with Crippen LogP contribution in [0.5, 0.6) is 0 Å². The van der Waals surface area contributed by atoms with Crippen LogP contribution < -0.4 is 10.2 Å². The van der Waals surface area contributed by atoms with Crippen LogP contribution in [-0.2, 0) is 0 Å². The van der Waals surface area contributed by atoms with Gasteiger partial charge in [-0.3, -0.25) is 4.98 Å². The van der Waals surface area contributed by atoms with Crippen molar-refractivity contribution in [1.29, 1.82) is 0 Å². The lowest BCUT2D eigenvalue weighted by Gasteiger charge is -2.36. The van der Waals surface area contributed by atoms with Gasteiger partial charge in [-0.1, -0.05) is 6.07 Å². The minimum Gasteiger partial charge on any atom is -0.368 e. The highest BCUT2D eigenvalue weighted by Gasteiger charge is 2.22. The third-order valence-electron chi connectivity index (χ3n) is 3.96. The van der Waals surface area contributed by atoms with Gasteiger partial charge in [0.2, 0.25) is 0 Å². The fourth-order valence-electron chi connectivity index (χ4n) is 2.65. The number of benzene rings is 1. The Balaban J connectivity index is 1.59. The van der Waals surface area contributed by atoms with Crippen molar-refractivity contribution < 1.29 is 9.18 Å². The quantitative estimate of drug-likeness (QED) is 0.927. The summed E-state index contributed by atoms with van der Waals surface area (Å²) >= 11 is 0. The minimum absolute atomic E-state index is 0.228. The molecule has 0 atom stereocenters. The molecule has 1 aliphatic rings. The number of nitrogens with one attached hydrogen (secondary N) is 1. The number of hydrogen-bond acceptors (Lipinski definition) is 3. The molecule has 1 aliphatic heterocycles. The van der Waals surface area contributed by atoms with E-state index in [9.17, 15) is 9.18 Å². The summed E-state index contributed by atoms with van der Waals surface area (Å²) in [6, 6.07) is 8.34. The number of carbonyl (C=O) groups excluding carboxylic acids is 1. The van der Waals surface area contributed by atoms with Crippen LogP contribution >= 0.6 is 0 Å². The van der Waals surface area contributed by atoms with Gasteiger partial charge in [0.15, 0.2) is 0 Å². The lowest BCUT2D eigenvalue weighted by Crippen LogP contribution is -2.50. The summed E-state index contributed by atoms with van der Waals surface area (Å²) < 4.78 is 13.7. The summed E-state index contributed by atoms with van der Waals surface area (Å²) in [5, 5.41) is 2.66. The number of amides is 2. The van der Waals surface area contributed by atoms with Crippen LogP contribution in [0.3, 0.4) is 0 Å². The lowest BCUT2D eigenvalue weighted by molar-refractivity contribution is 0.208. The molecule has 0 bridgehead atoms. The maximum Gasteiger partial charge on any atom is 0.322 e. The fraction of sp³-hybridized carbons (Fsp3) is 0.294. The van der Waals surface area contributed by atoms with Gasteiger partial charge >= 0.3 is 6.03 Å². The highest BCUT2D eigenvalue weighted by molar-refractivity contribution is 5.89. The maximum atomic E-state index is 13.7. The first-order valence-corrected chi connectivity index (χ1v) is 7.60. The van der Waals surface area contributed by atoms with Crippen LogP contribution in [0.2, 0.25) is 0 Å². The normalized spacial score (nSPS) is 14.7. The Hall–Kier alpha value is -2.63. The molecule has 3 rings (SSSR count). The minimum atomic E-state index is -0.417. The molecular formula is C17H19FN4O. The number of aryl methyl sites for hydroxylation is 1. The van der Waals surface area contributed by atoms with Crippen molar-refractivity contribution in [3.63, 3.8) is 0 Å². The number of pyridine rings is 1. The Labute approximate surface area is 134 Å². The number of aromatic nitrogens is 1. The summed E-state index contributed by atoms with van der Waals surface area (Å²) in [6.07, 6.45) is 3.52. The molecule has 1 saturated heterocycles. The summed E-state index contributed by atoms with van der Waals surface area (Å²) in [7, 11) is 0. The maximum absolute atomic E-state index is 13.7. The van der Waals surface area contributed by atoms with Gasteiger partial charge in [0, 0.05) is 44.3 Å². The Morgan fingerprint density at radius 1 is 1.13 bits per heavy atom. The molecule has 0 unspecified atom stereocenters. The van der Waals surface area contributed by atoms with Gasteiger partial charge in [-0.25, -0.2) is 9.18 Å². The molecule has 5 nitrogen and oxygen atoms in total. The van der Waals surface area contributed by atoms with E-state index in [0.717, 1.165) is 24.3 Å². The average Bonchev–Trinajstić information content (AvgIpc) is 2.59. The third kappa shape index (κ3) is 3.59. The number of rotatable bonds is 2. The van der Waals surface area contributed by atoms with Gasteiger partial charge in [-0.05, 0) is 36.8 Å². The highest BCUT2D eigenvalue weighted by Crippen LogP contribution is 2.18. The van der Waals surface area contributed by atoms with Gasteiger partial charge in [0.1, 0.15) is 5.82 Å². The van der Waals surface area contributed by atoms with Gasteiger partial charge in [-0.2, -0.15) is 0 Å². The number of carbonyl (C=O) groups is 1. The number of urea groups is 1. The summed E-state index contributed by atoms with van der Waals surface area (Å²) in [5.41, 5.74) is 2.24. The van der Waals surface area contributed by atoms with Crippen LogP contribution in [0.25, 0.3) is 0 Å². The van der Waals surface area contributed by atoms with Gasteiger partial charge in [0.05, 0.1) is 5.69 Å². The molecule has 0 spiro atoms. The highest BCUT2D eigenvalue weighted by atomic mass is 19.1. The summed E-state index contributed by atoms with van der Waals surface area (Å²) in [4.78, 5) is 20.2. The SMILES string of the molecule is Cc1ccc(F)c(NC(=O)N2CCN(c3ccncc3)CC2)c1. The first-order chi connectivity index (χ1) is 11.1. The molecular weight excluding hydrogens is 295 g/mol. The second-order valence-corrected chi connectivity index (χ2v) is 5.59. The zero-order valence-corrected chi connectivity index (χ0v) is 13.0. The van der Waals surface area contributed by atoms with Gasteiger partial charge < -0.3 is 15.1 Å². The molecule has 1 fully saturated rings. The predicted octanol–water partition coefficient (Wildman–Crippen LogP) is 2.88. The van der Waals surface area contributed by atoms with Crippen molar-refractivity contribution in [3.8, 4) is 0 Å². The van der Waals surface area contributed by atoms with E-state index in [2.05, 4.69) is 15.2 Å².